The minimum absolute atomic E-state index is 0. The van der Waals surface area contributed by atoms with Crippen molar-refractivity contribution in [3.8, 4) is 0 Å². The summed E-state index contributed by atoms with van der Waals surface area (Å²) in [5.74, 6) is 0.630. The molecule has 0 amide bonds. The molecule has 0 heterocycles. The van der Waals surface area contributed by atoms with Gasteiger partial charge in [0.15, 0.2) is 0 Å². The summed E-state index contributed by atoms with van der Waals surface area (Å²) in [6.45, 7) is 6.69. The maximum absolute atomic E-state index is 3.50. The van der Waals surface area contributed by atoms with Crippen molar-refractivity contribution >= 4 is 0 Å². The van der Waals surface area contributed by atoms with E-state index in [4.69, 9.17) is 0 Å². The number of hydrogen-bond acceptors (Lipinski definition) is 0. The molecule has 0 N–H and O–H groups in total. The first-order chi connectivity index (χ1) is 9.22. The molecule has 1 atom stereocenters. The Balaban J connectivity index is 0. The molecule has 0 fully saturated rings. The zero-order valence-electron chi connectivity index (χ0n) is 15.1. The SMILES string of the molecule is CC1=[C-]C(C)C2=C1CCCC2.CCC[c-]1cccc1.[CH3-].[CH3-].[Zr+4]. The van der Waals surface area contributed by atoms with E-state index < -0.39 is 0 Å². The molecule has 120 valence electrons. The number of allylic oxidation sites excluding steroid dienone is 4. The van der Waals surface area contributed by atoms with Crippen LogP contribution < -0.4 is 0 Å². The summed E-state index contributed by atoms with van der Waals surface area (Å²) in [4.78, 5) is 0. The Morgan fingerprint density at radius 1 is 1.14 bits per heavy atom. The molecule has 1 unspecified atom stereocenters. The molecule has 0 saturated heterocycles. The standard InChI is InChI=1S/C11H15.C8H11.2CH3.Zr/c1-8-7-9(2)11-6-4-3-5-10(8)11;1-2-5-8-6-3-4-7-8;;;/h8H,3-6H2,1-2H3;3-4,6-7H,2,5H2,1H3;2*1H3;/q4*-1;+4. The van der Waals surface area contributed by atoms with Crippen LogP contribution in [0, 0.1) is 26.8 Å². The summed E-state index contributed by atoms with van der Waals surface area (Å²) in [7, 11) is 0. The summed E-state index contributed by atoms with van der Waals surface area (Å²) in [5, 5.41) is 0. The number of rotatable bonds is 2. The smallest absolute Gasteiger partial charge is 0.358 e. The Labute approximate surface area is 158 Å². The van der Waals surface area contributed by atoms with Gasteiger partial charge in [-0.2, -0.15) is 28.8 Å². The first-order valence-electron chi connectivity index (χ1n) is 7.75. The fourth-order valence-electron chi connectivity index (χ4n) is 3.20. The summed E-state index contributed by atoms with van der Waals surface area (Å²) in [5.41, 5.74) is 6.23. The van der Waals surface area contributed by atoms with Gasteiger partial charge in [0.1, 0.15) is 0 Å². The molecule has 0 radical (unpaired) electrons. The first kappa shape index (κ1) is 24.0. The topological polar surface area (TPSA) is 0 Å². The van der Waals surface area contributed by atoms with Crippen molar-refractivity contribution < 1.29 is 26.2 Å². The maximum Gasteiger partial charge on any atom is 4.00 e. The van der Waals surface area contributed by atoms with Crippen molar-refractivity contribution in [2.24, 2.45) is 5.92 Å². The Bertz CT molecular complexity index is 448. The quantitative estimate of drug-likeness (QED) is 0.517. The van der Waals surface area contributed by atoms with Crippen LogP contribution in [0.4, 0.5) is 0 Å². The normalized spacial score (nSPS) is 18.7. The van der Waals surface area contributed by atoms with Crippen LogP contribution in [0.15, 0.2) is 41.0 Å². The molecule has 0 nitrogen and oxygen atoms in total. The van der Waals surface area contributed by atoms with Crippen LogP contribution in [0.25, 0.3) is 0 Å². The second kappa shape index (κ2) is 12.2. The molecule has 22 heavy (non-hydrogen) atoms. The number of aryl methyl sites for hydroxylation is 1. The Morgan fingerprint density at radius 2 is 1.73 bits per heavy atom. The van der Waals surface area contributed by atoms with Crippen molar-refractivity contribution in [1.29, 1.82) is 0 Å². The average Bonchev–Trinajstić information content (AvgIpc) is 3.01. The zero-order chi connectivity index (χ0) is 13.7. The molecule has 3 rings (SSSR count). The first-order valence-corrected chi connectivity index (χ1v) is 7.75. The van der Waals surface area contributed by atoms with Gasteiger partial charge < -0.3 is 14.9 Å². The molecule has 1 aromatic carbocycles. The molecule has 1 aromatic rings. The molecule has 2 aliphatic rings. The average molecular weight is 376 g/mol. The van der Waals surface area contributed by atoms with Crippen molar-refractivity contribution in [3.05, 3.63) is 67.5 Å². The number of hydrogen-bond donors (Lipinski definition) is 0. The van der Waals surface area contributed by atoms with E-state index in [2.05, 4.69) is 51.1 Å². The zero-order valence-corrected chi connectivity index (χ0v) is 17.6. The maximum atomic E-state index is 3.50. The molecular formula is C21H32Zr. The second-order valence-electron chi connectivity index (χ2n) is 5.75. The summed E-state index contributed by atoms with van der Waals surface area (Å²) in [6.07, 6.45) is 11.4. The van der Waals surface area contributed by atoms with Crippen LogP contribution in [0.2, 0.25) is 0 Å². The predicted molar refractivity (Wildman–Crippen MR) is 95.9 cm³/mol. The van der Waals surface area contributed by atoms with Gasteiger partial charge in [-0.3, -0.25) is 6.08 Å². The van der Waals surface area contributed by atoms with Gasteiger partial charge in [-0.25, -0.2) is 17.7 Å². The van der Waals surface area contributed by atoms with Gasteiger partial charge in [0.25, 0.3) is 0 Å². The van der Waals surface area contributed by atoms with E-state index in [9.17, 15) is 0 Å². The van der Waals surface area contributed by atoms with E-state index >= 15 is 0 Å². The van der Waals surface area contributed by atoms with Gasteiger partial charge in [0.05, 0.1) is 0 Å². The Morgan fingerprint density at radius 3 is 2.27 bits per heavy atom. The summed E-state index contributed by atoms with van der Waals surface area (Å²) >= 11 is 0. The fraction of sp³-hybridized carbons (Fsp3) is 0.476. The molecule has 1 heteroatoms. The molecule has 2 aliphatic carbocycles. The minimum Gasteiger partial charge on any atom is -0.358 e. The van der Waals surface area contributed by atoms with E-state index in [-0.39, 0.29) is 41.1 Å². The monoisotopic (exact) mass is 374 g/mol. The Kier molecular flexibility index (Phi) is 13.3. The van der Waals surface area contributed by atoms with Gasteiger partial charge in [-0.1, -0.05) is 58.8 Å². The van der Waals surface area contributed by atoms with Gasteiger partial charge >= 0.3 is 26.2 Å². The minimum atomic E-state index is 0. The predicted octanol–water partition coefficient (Wildman–Crippen LogP) is 6.51. The molecule has 0 aliphatic heterocycles. The van der Waals surface area contributed by atoms with Gasteiger partial charge in [-0.05, 0) is 6.42 Å². The molecule has 0 bridgehead atoms. The van der Waals surface area contributed by atoms with Crippen LogP contribution in [0.3, 0.4) is 0 Å². The molecule has 0 aromatic heterocycles. The van der Waals surface area contributed by atoms with Crippen molar-refractivity contribution in [1.82, 2.24) is 0 Å². The van der Waals surface area contributed by atoms with E-state index in [0.29, 0.717) is 5.92 Å². The molecule has 0 saturated carbocycles. The van der Waals surface area contributed by atoms with E-state index in [1.807, 2.05) is 0 Å². The molecular weight excluding hydrogens is 343 g/mol. The van der Waals surface area contributed by atoms with Gasteiger partial charge in [0, 0.05) is 0 Å². The van der Waals surface area contributed by atoms with Crippen LogP contribution in [0.5, 0.6) is 0 Å². The second-order valence-corrected chi connectivity index (χ2v) is 5.75. The van der Waals surface area contributed by atoms with Crippen molar-refractivity contribution in [2.75, 3.05) is 0 Å². The third-order valence-corrected chi connectivity index (χ3v) is 4.19. The van der Waals surface area contributed by atoms with Crippen LogP contribution >= 0.6 is 0 Å². The Hall–Kier alpha value is -0.287. The van der Waals surface area contributed by atoms with Crippen molar-refractivity contribution in [2.45, 2.75) is 59.3 Å². The van der Waals surface area contributed by atoms with Gasteiger partial charge in [0.2, 0.25) is 0 Å². The third kappa shape index (κ3) is 6.45. The largest absolute Gasteiger partial charge is 4.00 e. The van der Waals surface area contributed by atoms with Gasteiger partial charge in [-0.15, -0.1) is 0 Å². The summed E-state index contributed by atoms with van der Waals surface area (Å²) in [6, 6.07) is 8.52. The van der Waals surface area contributed by atoms with Crippen molar-refractivity contribution in [3.63, 3.8) is 0 Å². The molecule has 0 spiro atoms. The van der Waals surface area contributed by atoms with E-state index in [1.54, 1.807) is 11.1 Å². The van der Waals surface area contributed by atoms with Crippen LogP contribution in [-0.2, 0) is 32.6 Å². The van der Waals surface area contributed by atoms with E-state index in [0.717, 1.165) is 0 Å². The fourth-order valence-corrected chi connectivity index (χ4v) is 3.20. The van der Waals surface area contributed by atoms with Crippen LogP contribution in [0.1, 0.15) is 58.4 Å². The van der Waals surface area contributed by atoms with Crippen LogP contribution in [-0.4, -0.2) is 0 Å². The van der Waals surface area contributed by atoms with E-state index in [1.165, 1.54) is 49.7 Å². The summed E-state index contributed by atoms with van der Waals surface area (Å²) < 4.78 is 0. The third-order valence-electron chi connectivity index (χ3n) is 4.19.